The Morgan fingerprint density at radius 2 is 1.92 bits per heavy atom. The van der Waals surface area contributed by atoms with Gasteiger partial charge in [-0.25, -0.2) is 4.99 Å². The Kier molecular flexibility index (Phi) is 4.55. The number of carbonyl (C=O) groups is 1. The van der Waals surface area contributed by atoms with E-state index in [0.717, 1.165) is 17.5 Å². The summed E-state index contributed by atoms with van der Waals surface area (Å²) in [7, 11) is 0. The highest BCUT2D eigenvalue weighted by Crippen LogP contribution is 2.44. The molecule has 0 aromatic heterocycles. The highest BCUT2D eigenvalue weighted by atomic mass is 35.5. The number of hydrogen-bond acceptors (Lipinski definition) is 4. The fourth-order valence-corrected chi connectivity index (χ4v) is 4.19. The van der Waals surface area contributed by atoms with Crippen molar-refractivity contribution in [3.05, 3.63) is 70.7 Å². The third kappa shape index (κ3) is 2.93. The molecule has 2 aliphatic rings. The molecule has 2 N–H and O–H groups in total. The number of benzene rings is 2. The van der Waals surface area contributed by atoms with E-state index in [0.29, 0.717) is 30.2 Å². The van der Waals surface area contributed by atoms with E-state index >= 15 is 0 Å². The van der Waals surface area contributed by atoms with E-state index in [9.17, 15) is 4.79 Å². The average molecular weight is 369 g/mol. The van der Waals surface area contributed by atoms with Crippen LogP contribution in [0, 0.1) is 0 Å². The minimum Gasteiger partial charge on any atom is -0.468 e. The first-order valence-corrected chi connectivity index (χ1v) is 9.33. The zero-order chi connectivity index (χ0) is 18.1. The summed E-state index contributed by atoms with van der Waals surface area (Å²) in [5.74, 6) is 0.450. The first-order chi connectivity index (χ1) is 12.6. The summed E-state index contributed by atoms with van der Waals surface area (Å²) >= 11 is 6.43. The van der Waals surface area contributed by atoms with Gasteiger partial charge in [-0.1, -0.05) is 60.1 Å². The summed E-state index contributed by atoms with van der Waals surface area (Å²) in [6, 6.07) is 17.0. The number of carbonyl (C=O) groups excluding carboxylic acids is 1. The fraction of sp³-hybridized carbons (Fsp3) is 0.333. The Hall–Kier alpha value is -2.17. The molecule has 4 nitrogen and oxygen atoms in total. The smallest absolute Gasteiger partial charge is 0.205 e. The van der Waals surface area contributed by atoms with Crippen molar-refractivity contribution >= 4 is 23.3 Å². The molecule has 134 valence electrons. The van der Waals surface area contributed by atoms with Gasteiger partial charge in [-0.2, -0.15) is 0 Å². The lowest BCUT2D eigenvalue weighted by Crippen LogP contribution is -2.54. The number of fused-ring (bicyclic) bond motifs is 2. The summed E-state index contributed by atoms with van der Waals surface area (Å²) in [5, 5.41) is 0.558. The van der Waals surface area contributed by atoms with Crippen molar-refractivity contribution in [2.75, 3.05) is 0 Å². The molecular weight excluding hydrogens is 348 g/mol. The van der Waals surface area contributed by atoms with Gasteiger partial charge in [0.1, 0.15) is 0 Å². The molecule has 2 aromatic rings. The molecule has 0 radical (unpaired) electrons. The number of aliphatic imine (C=N–C) groups is 1. The summed E-state index contributed by atoms with van der Waals surface area (Å²) in [5.41, 5.74) is 7.30. The lowest BCUT2D eigenvalue weighted by atomic mass is 9.73. The van der Waals surface area contributed by atoms with Gasteiger partial charge >= 0.3 is 0 Å². The highest BCUT2D eigenvalue weighted by Gasteiger charge is 2.52. The number of nitrogens with two attached hydrogens (primary N) is 1. The van der Waals surface area contributed by atoms with Gasteiger partial charge in [-0.15, -0.1) is 0 Å². The van der Waals surface area contributed by atoms with E-state index < -0.39 is 17.7 Å². The zero-order valence-electron chi connectivity index (χ0n) is 14.4. The maximum Gasteiger partial charge on any atom is 0.205 e. The van der Waals surface area contributed by atoms with Crippen molar-refractivity contribution in [3.8, 4) is 0 Å². The zero-order valence-corrected chi connectivity index (χ0v) is 15.2. The van der Waals surface area contributed by atoms with Crippen LogP contribution in [0.4, 0.5) is 0 Å². The molecule has 26 heavy (non-hydrogen) atoms. The fourth-order valence-electron chi connectivity index (χ4n) is 3.90. The molecule has 0 amide bonds. The quantitative estimate of drug-likeness (QED) is 0.895. The summed E-state index contributed by atoms with van der Waals surface area (Å²) in [6.07, 6.45) is 2.32. The standard InChI is InChI=1S/C21H21ClN2O2/c22-16-10-5-4-9-15(16)21-12-6-11-18(19(21)25)26-20(24-21)17(23)13-14-7-2-1-3-8-14/h1-5,7-10,17-18H,6,11-13,23H2/t17-,18?,21?/m0/s1. The van der Waals surface area contributed by atoms with Crippen LogP contribution in [0.3, 0.4) is 0 Å². The highest BCUT2D eigenvalue weighted by molar-refractivity contribution is 6.32. The number of nitrogens with zero attached hydrogens (tertiary/aromatic N) is 1. The molecule has 0 spiro atoms. The van der Waals surface area contributed by atoms with Crippen LogP contribution >= 0.6 is 11.6 Å². The topological polar surface area (TPSA) is 64.7 Å². The lowest BCUT2D eigenvalue weighted by molar-refractivity contribution is -0.137. The van der Waals surface area contributed by atoms with Gasteiger partial charge in [0.05, 0.1) is 6.04 Å². The first-order valence-electron chi connectivity index (χ1n) is 8.95. The maximum atomic E-state index is 13.1. The van der Waals surface area contributed by atoms with Crippen LogP contribution in [0.25, 0.3) is 0 Å². The van der Waals surface area contributed by atoms with E-state index in [1.807, 2.05) is 48.5 Å². The molecule has 0 saturated heterocycles. The van der Waals surface area contributed by atoms with Gasteiger partial charge in [0.15, 0.2) is 11.6 Å². The molecule has 2 bridgehead atoms. The Bertz CT molecular complexity index is 852. The Balaban J connectivity index is 1.73. The minimum atomic E-state index is -0.969. The predicted octanol–water partition coefficient (Wildman–Crippen LogP) is 3.66. The number of Topliss-reactive ketones (excluding diaryl/α,β-unsaturated/α-hetero) is 1. The minimum absolute atomic E-state index is 0.00693. The van der Waals surface area contributed by atoms with Crippen molar-refractivity contribution in [1.29, 1.82) is 0 Å². The van der Waals surface area contributed by atoms with E-state index in [1.165, 1.54) is 0 Å². The molecule has 2 aromatic carbocycles. The van der Waals surface area contributed by atoms with Crippen molar-refractivity contribution in [3.63, 3.8) is 0 Å². The van der Waals surface area contributed by atoms with Gasteiger partial charge in [-0.05, 0) is 37.3 Å². The average Bonchev–Trinajstić information content (AvgIpc) is 2.63. The van der Waals surface area contributed by atoms with Crippen molar-refractivity contribution in [2.45, 2.75) is 43.4 Å². The molecule has 1 fully saturated rings. The van der Waals surface area contributed by atoms with Crippen LogP contribution in [0.1, 0.15) is 30.4 Å². The maximum absolute atomic E-state index is 13.1. The number of ether oxygens (including phenoxy) is 1. The number of hydrogen-bond donors (Lipinski definition) is 1. The molecular formula is C21H21ClN2O2. The summed E-state index contributed by atoms with van der Waals surface area (Å²) in [4.78, 5) is 17.9. The van der Waals surface area contributed by atoms with Crippen molar-refractivity contribution in [1.82, 2.24) is 0 Å². The lowest BCUT2D eigenvalue weighted by Gasteiger charge is -2.42. The SMILES string of the molecule is N[C@@H](Cc1ccccc1)C1=NC2(c3ccccc3Cl)CCCC(O1)C2=O. The largest absolute Gasteiger partial charge is 0.468 e. The van der Waals surface area contributed by atoms with Gasteiger partial charge in [0.2, 0.25) is 11.7 Å². The van der Waals surface area contributed by atoms with Crippen LogP contribution in [0.2, 0.25) is 5.02 Å². The second-order valence-electron chi connectivity index (χ2n) is 6.95. The Morgan fingerprint density at radius 3 is 2.69 bits per heavy atom. The monoisotopic (exact) mass is 368 g/mol. The normalized spacial score (nSPS) is 26.0. The molecule has 2 unspecified atom stereocenters. The van der Waals surface area contributed by atoms with Gasteiger partial charge in [0.25, 0.3) is 0 Å². The van der Waals surface area contributed by atoms with E-state index in [-0.39, 0.29) is 5.78 Å². The molecule has 1 heterocycles. The van der Waals surface area contributed by atoms with E-state index in [1.54, 1.807) is 6.07 Å². The Morgan fingerprint density at radius 1 is 1.19 bits per heavy atom. The van der Waals surface area contributed by atoms with Crippen LogP contribution in [-0.2, 0) is 21.5 Å². The molecule has 1 aliphatic heterocycles. The van der Waals surface area contributed by atoms with Crippen molar-refractivity contribution < 1.29 is 9.53 Å². The number of rotatable bonds is 4. The molecule has 4 rings (SSSR count). The molecule has 5 heteroatoms. The summed E-state index contributed by atoms with van der Waals surface area (Å²) < 4.78 is 5.92. The second-order valence-corrected chi connectivity index (χ2v) is 7.36. The van der Waals surface area contributed by atoms with E-state index in [2.05, 4.69) is 0 Å². The van der Waals surface area contributed by atoms with Crippen LogP contribution in [0.5, 0.6) is 0 Å². The molecule has 1 saturated carbocycles. The predicted molar refractivity (Wildman–Crippen MR) is 102 cm³/mol. The second kappa shape index (κ2) is 6.86. The molecule has 3 atom stereocenters. The number of halogens is 1. The first kappa shape index (κ1) is 17.3. The van der Waals surface area contributed by atoms with Gasteiger partial charge in [-0.3, -0.25) is 4.79 Å². The third-order valence-corrected chi connectivity index (χ3v) is 5.53. The van der Waals surface area contributed by atoms with Crippen LogP contribution in [0.15, 0.2) is 59.6 Å². The third-order valence-electron chi connectivity index (χ3n) is 5.20. The number of ketones is 1. The van der Waals surface area contributed by atoms with E-state index in [4.69, 9.17) is 27.1 Å². The van der Waals surface area contributed by atoms with Gasteiger partial charge in [0, 0.05) is 10.6 Å². The molecule has 1 aliphatic carbocycles. The summed E-state index contributed by atoms with van der Waals surface area (Å²) in [6.45, 7) is 0. The van der Waals surface area contributed by atoms with Crippen molar-refractivity contribution in [2.24, 2.45) is 10.7 Å². The van der Waals surface area contributed by atoms with Gasteiger partial charge < -0.3 is 10.5 Å². The Labute approximate surface area is 158 Å². The van der Waals surface area contributed by atoms with Crippen LogP contribution < -0.4 is 5.73 Å². The van der Waals surface area contributed by atoms with Crippen LogP contribution in [-0.4, -0.2) is 23.8 Å².